The highest BCUT2D eigenvalue weighted by molar-refractivity contribution is 7.86. The highest BCUT2D eigenvalue weighted by Gasteiger charge is 2.44. The Morgan fingerprint density at radius 1 is 1.14 bits per heavy atom. The molecule has 2 aliphatic rings. The number of rotatable bonds is 2. The van der Waals surface area contributed by atoms with Gasteiger partial charge in [0, 0.05) is 32.8 Å². The summed E-state index contributed by atoms with van der Waals surface area (Å²) in [6.45, 7) is 0. The maximum absolute atomic E-state index is 13.3. The van der Waals surface area contributed by atoms with Gasteiger partial charge in [0.15, 0.2) is 5.78 Å². The molecular weight excluding hydrogens is 320 g/mol. The third kappa shape index (κ3) is 2.71. The predicted octanol–water partition coefficient (Wildman–Crippen LogP) is 3.72. The van der Waals surface area contributed by atoms with Crippen LogP contribution in [0.4, 0.5) is 17.6 Å². The van der Waals surface area contributed by atoms with E-state index in [0.29, 0.717) is 31.0 Å². The highest BCUT2D eigenvalue weighted by atomic mass is 32.2. The fraction of sp³-hybridized carbons (Fsp3) is 0.533. The molecule has 2 bridgehead atoms. The van der Waals surface area contributed by atoms with Gasteiger partial charge in [0.25, 0.3) is 0 Å². The molecule has 0 radical (unpaired) electrons. The zero-order chi connectivity index (χ0) is 16.1. The van der Waals surface area contributed by atoms with E-state index in [0.717, 1.165) is 12.8 Å². The number of fused-ring (bicyclic) bond motifs is 2. The predicted molar refractivity (Wildman–Crippen MR) is 73.4 cm³/mol. The molecule has 1 aromatic carbocycles. The molecule has 0 spiro atoms. The lowest BCUT2D eigenvalue weighted by molar-refractivity contribution is -0.138. The lowest BCUT2D eigenvalue weighted by Gasteiger charge is -2.27. The van der Waals surface area contributed by atoms with Gasteiger partial charge in [-0.1, -0.05) is 0 Å². The maximum Gasteiger partial charge on any atom is 0.417 e. The Labute approximate surface area is 127 Å². The Hall–Kier alpha value is -1.24. The van der Waals surface area contributed by atoms with Gasteiger partial charge in [-0.2, -0.15) is 13.2 Å². The average Bonchev–Trinajstić information content (AvgIpc) is 2.66. The van der Waals surface area contributed by atoms with Crippen LogP contribution in [0.1, 0.15) is 41.6 Å². The number of Topliss-reactive ketones (excluding diaryl/α,β-unsaturated/α-hetero) is 1. The summed E-state index contributed by atoms with van der Waals surface area (Å²) in [5.41, 5.74) is -1.71. The Morgan fingerprint density at radius 2 is 1.73 bits per heavy atom. The number of hydrogen-bond donors (Lipinski definition) is 0. The molecular formula is C15H14F4O2S. The minimum Gasteiger partial charge on any atom is -0.294 e. The first-order valence-electron chi connectivity index (χ1n) is 7.07. The van der Waals surface area contributed by atoms with Crippen LogP contribution < -0.4 is 0 Å². The van der Waals surface area contributed by atoms with E-state index in [4.69, 9.17) is 0 Å². The molecule has 1 aromatic rings. The lowest BCUT2D eigenvalue weighted by atomic mass is 9.88. The first kappa shape index (κ1) is 15.6. The molecule has 2 heterocycles. The summed E-state index contributed by atoms with van der Waals surface area (Å²) in [5.74, 6) is -2.14. The fourth-order valence-electron chi connectivity index (χ4n) is 3.43. The summed E-state index contributed by atoms with van der Waals surface area (Å²) < 4.78 is 64.3. The number of benzene rings is 1. The van der Waals surface area contributed by atoms with E-state index < -0.39 is 45.6 Å². The number of carbonyl (C=O) groups is 1. The Balaban J connectivity index is 1.93. The van der Waals surface area contributed by atoms with Gasteiger partial charge >= 0.3 is 6.18 Å². The third-order valence-corrected chi connectivity index (χ3v) is 6.66. The Bertz CT molecular complexity index is 625. The van der Waals surface area contributed by atoms with Crippen LogP contribution in [0, 0.1) is 11.7 Å². The second kappa shape index (κ2) is 5.44. The number of halogens is 4. The van der Waals surface area contributed by atoms with Crippen molar-refractivity contribution in [2.75, 3.05) is 0 Å². The summed E-state index contributed by atoms with van der Waals surface area (Å²) in [6.07, 6.45) is -2.55. The zero-order valence-corrected chi connectivity index (χ0v) is 12.3. The molecule has 0 saturated carbocycles. The molecule has 2 fully saturated rings. The van der Waals surface area contributed by atoms with E-state index in [1.807, 2.05) is 0 Å². The van der Waals surface area contributed by atoms with Crippen LogP contribution in [0.15, 0.2) is 18.2 Å². The molecule has 0 aliphatic carbocycles. The normalized spacial score (nSPS) is 31.3. The minimum atomic E-state index is -4.70. The number of carbonyl (C=O) groups excluding carboxylic acids is 1. The van der Waals surface area contributed by atoms with Crippen molar-refractivity contribution in [3.63, 3.8) is 0 Å². The van der Waals surface area contributed by atoms with E-state index in [1.54, 1.807) is 0 Å². The van der Waals surface area contributed by atoms with Crippen LogP contribution in [-0.2, 0) is 17.0 Å². The first-order valence-corrected chi connectivity index (χ1v) is 8.35. The SMILES string of the molecule is O=C(c1cc(F)ccc1C(F)(F)F)C1CC2CCC(C1)S2=O. The van der Waals surface area contributed by atoms with Gasteiger partial charge in [0.1, 0.15) is 5.82 Å². The summed E-state index contributed by atoms with van der Waals surface area (Å²) >= 11 is 0. The van der Waals surface area contributed by atoms with E-state index in [9.17, 15) is 26.6 Å². The van der Waals surface area contributed by atoms with Crippen LogP contribution in [0.2, 0.25) is 0 Å². The quantitative estimate of drug-likeness (QED) is 0.610. The smallest absolute Gasteiger partial charge is 0.294 e. The minimum absolute atomic E-state index is 0.115. The van der Waals surface area contributed by atoms with Crippen LogP contribution >= 0.6 is 0 Å². The van der Waals surface area contributed by atoms with Crippen molar-refractivity contribution < 1.29 is 26.6 Å². The summed E-state index contributed by atoms with van der Waals surface area (Å²) in [4.78, 5) is 12.5. The molecule has 7 heteroatoms. The standard InChI is InChI=1S/C15H14F4O2S/c16-9-1-4-13(15(17,18)19)12(7-9)14(20)8-5-10-2-3-11(6-8)22(10)21/h1,4,7-8,10-11H,2-3,5-6H2. The lowest BCUT2D eigenvalue weighted by Crippen LogP contribution is -2.33. The zero-order valence-electron chi connectivity index (χ0n) is 11.5. The summed E-state index contributed by atoms with van der Waals surface area (Å²) in [5, 5.41) is -0.230. The second-order valence-electron chi connectivity index (χ2n) is 5.87. The van der Waals surface area contributed by atoms with Crippen LogP contribution in [0.5, 0.6) is 0 Å². The van der Waals surface area contributed by atoms with E-state index in [2.05, 4.69) is 0 Å². The number of hydrogen-bond acceptors (Lipinski definition) is 2. The van der Waals surface area contributed by atoms with E-state index in [1.165, 1.54) is 0 Å². The van der Waals surface area contributed by atoms with Crippen molar-refractivity contribution in [2.45, 2.75) is 42.4 Å². The molecule has 2 atom stereocenters. The third-order valence-electron chi connectivity index (χ3n) is 4.49. The Kier molecular flexibility index (Phi) is 3.87. The highest BCUT2D eigenvalue weighted by Crippen LogP contribution is 2.41. The van der Waals surface area contributed by atoms with Crippen molar-refractivity contribution in [2.24, 2.45) is 5.92 Å². The van der Waals surface area contributed by atoms with Gasteiger partial charge in [0.2, 0.25) is 0 Å². The molecule has 2 aliphatic heterocycles. The van der Waals surface area contributed by atoms with Crippen molar-refractivity contribution in [1.82, 2.24) is 0 Å². The topological polar surface area (TPSA) is 34.1 Å². The average molecular weight is 334 g/mol. The summed E-state index contributed by atoms with van der Waals surface area (Å²) in [7, 11) is -0.988. The number of alkyl halides is 3. The van der Waals surface area contributed by atoms with Crippen molar-refractivity contribution in [1.29, 1.82) is 0 Å². The maximum atomic E-state index is 13.3. The monoisotopic (exact) mass is 334 g/mol. The molecule has 2 nitrogen and oxygen atoms in total. The van der Waals surface area contributed by atoms with E-state index in [-0.39, 0.29) is 10.5 Å². The van der Waals surface area contributed by atoms with Crippen LogP contribution in [-0.4, -0.2) is 20.5 Å². The largest absolute Gasteiger partial charge is 0.417 e. The Morgan fingerprint density at radius 3 is 2.27 bits per heavy atom. The molecule has 0 aromatic heterocycles. The van der Waals surface area contributed by atoms with Gasteiger partial charge in [0.05, 0.1) is 5.56 Å². The van der Waals surface area contributed by atoms with Gasteiger partial charge in [-0.25, -0.2) is 4.39 Å². The van der Waals surface area contributed by atoms with Crippen LogP contribution in [0.3, 0.4) is 0 Å². The molecule has 3 rings (SSSR count). The molecule has 0 N–H and O–H groups in total. The number of ketones is 1. The molecule has 0 amide bonds. The van der Waals surface area contributed by atoms with Gasteiger partial charge in [-0.3, -0.25) is 9.00 Å². The molecule has 120 valence electrons. The molecule has 22 heavy (non-hydrogen) atoms. The molecule has 2 saturated heterocycles. The van der Waals surface area contributed by atoms with Crippen molar-refractivity contribution in [3.8, 4) is 0 Å². The van der Waals surface area contributed by atoms with Crippen LogP contribution in [0.25, 0.3) is 0 Å². The van der Waals surface area contributed by atoms with Crippen molar-refractivity contribution in [3.05, 3.63) is 35.1 Å². The molecule has 2 unspecified atom stereocenters. The van der Waals surface area contributed by atoms with Gasteiger partial charge in [-0.15, -0.1) is 0 Å². The summed E-state index contributed by atoms with van der Waals surface area (Å²) in [6, 6.07) is 1.98. The van der Waals surface area contributed by atoms with Gasteiger partial charge in [-0.05, 0) is 43.9 Å². The second-order valence-corrected chi connectivity index (χ2v) is 7.86. The van der Waals surface area contributed by atoms with Crippen molar-refractivity contribution >= 4 is 16.6 Å². The fourth-order valence-corrected chi connectivity index (χ4v) is 5.56. The van der Waals surface area contributed by atoms with E-state index >= 15 is 0 Å². The first-order chi connectivity index (χ1) is 10.3. The van der Waals surface area contributed by atoms with Gasteiger partial charge < -0.3 is 0 Å².